The van der Waals surface area contributed by atoms with Crippen LogP contribution in [0.15, 0.2) is 35.3 Å². The molecule has 1 aliphatic heterocycles. The SMILES string of the molecule is CCOc1cc(-c2nc(C)c(NC(=O)Nc3ccc(CN4CCN(CC)CC4)c(C(F)(F)F)c3)c(C)n2)c[nH]c1=O.Cl.Cl.Cl. The lowest BCUT2D eigenvalue weighted by atomic mass is 10.0. The maximum atomic E-state index is 14.0. The number of nitrogens with zero attached hydrogens (tertiary/aromatic N) is 4. The Labute approximate surface area is 272 Å². The van der Waals surface area contributed by atoms with Crippen molar-refractivity contribution < 1.29 is 22.7 Å². The van der Waals surface area contributed by atoms with Crippen LogP contribution in [0.4, 0.5) is 29.3 Å². The molecule has 0 aliphatic carbocycles. The monoisotopic (exact) mass is 681 g/mol. The molecule has 3 aromatic rings. The van der Waals surface area contributed by atoms with Gasteiger partial charge in [0.1, 0.15) is 0 Å². The van der Waals surface area contributed by atoms with Gasteiger partial charge in [0, 0.05) is 50.2 Å². The predicted molar refractivity (Wildman–Crippen MR) is 172 cm³/mol. The number of benzene rings is 1. The van der Waals surface area contributed by atoms with Crippen molar-refractivity contribution in [2.75, 3.05) is 50.0 Å². The number of carbonyl (C=O) groups excluding carboxylic acids is 1. The number of piperazine rings is 1. The second-order valence-corrected chi connectivity index (χ2v) is 9.77. The van der Waals surface area contributed by atoms with Crippen molar-refractivity contribution in [3.05, 3.63) is 63.3 Å². The Morgan fingerprint density at radius 2 is 1.59 bits per heavy atom. The van der Waals surface area contributed by atoms with Crippen LogP contribution in [0, 0.1) is 13.8 Å². The van der Waals surface area contributed by atoms with Gasteiger partial charge in [0.05, 0.1) is 29.2 Å². The van der Waals surface area contributed by atoms with Crippen LogP contribution in [-0.4, -0.2) is 70.1 Å². The van der Waals surface area contributed by atoms with E-state index in [2.05, 4.69) is 37.4 Å². The number of alkyl halides is 3. The van der Waals surface area contributed by atoms with Crippen LogP contribution in [-0.2, 0) is 12.7 Å². The zero-order valence-electron chi connectivity index (χ0n) is 24.7. The number of rotatable bonds is 8. The molecule has 244 valence electrons. The molecule has 3 heterocycles. The molecular formula is C28H37Cl3F3N7O3. The standard InChI is InChI=1S/C28H34F3N7O3.3ClH/c1-5-37-9-11-38(12-10-37)16-19-7-8-21(14-22(19)28(29,30)31)35-27(40)36-24-17(3)33-25(34-18(24)4)20-13-23(41-6-2)26(39)32-15-20;;;/h7-8,13-15H,5-6,9-12,16H2,1-4H3,(H,32,39)(H2,35,36,40);3*1H. The van der Waals surface area contributed by atoms with Gasteiger partial charge in [-0.3, -0.25) is 9.69 Å². The number of anilines is 2. The summed E-state index contributed by atoms with van der Waals surface area (Å²) < 4.78 is 47.2. The van der Waals surface area contributed by atoms with Gasteiger partial charge < -0.3 is 25.3 Å². The fourth-order valence-electron chi connectivity index (χ4n) is 4.72. The Bertz CT molecular complexity index is 1440. The first-order chi connectivity index (χ1) is 19.5. The van der Waals surface area contributed by atoms with E-state index in [1.807, 2.05) is 4.90 Å². The number of aryl methyl sites for hydroxylation is 2. The molecule has 1 saturated heterocycles. The summed E-state index contributed by atoms with van der Waals surface area (Å²) in [4.78, 5) is 40.4. The number of halogens is 6. The number of urea groups is 1. The number of H-pyrrole nitrogens is 1. The normalized spacial score (nSPS) is 13.6. The molecule has 0 unspecified atom stereocenters. The van der Waals surface area contributed by atoms with Crippen molar-refractivity contribution in [1.82, 2.24) is 24.8 Å². The summed E-state index contributed by atoms with van der Waals surface area (Å²) in [7, 11) is 0. The third kappa shape index (κ3) is 9.70. The van der Waals surface area contributed by atoms with Crippen LogP contribution in [0.1, 0.15) is 36.4 Å². The molecule has 2 amide bonds. The minimum absolute atomic E-state index is 0. The van der Waals surface area contributed by atoms with E-state index < -0.39 is 17.8 Å². The number of aromatic amines is 1. The van der Waals surface area contributed by atoms with Gasteiger partial charge >= 0.3 is 12.2 Å². The number of nitrogens with one attached hydrogen (secondary N) is 3. The van der Waals surface area contributed by atoms with E-state index in [0.29, 0.717) is 48.2 Å². The Morgan fingerprint density at radius 1 is 0.977 bits per heavy atom. The second kappa shape index (κ2) is 16.8. The van der Waals surface area contributed by atoms with E-state index in [1.54, 1.807) is 20.8 Å². The van der Waals surface area contributed by atoms with Crippen molar-refractivity contribution in [2.24, 2.45) is 0 Å². The molecule has 44 heavy (non-hydrogen) atoms. The summed E-state index contributed by atoms with van der Waals surface area (Å²) >= 11 is 0. The first-order valence-electron chi connectivity index (χ1n) is 13.4. The fraction of sp³-hybridized carbons (Fsp3) is 0.429. The highest BCUT2D eigenvalue weighted by atomic mass is 35.5. The van der Waals surface area contributed by atoms with E-state index in [1.165, 1.54) is 24.4 Å². The lowest BCUT2D eigenvalue weighted by Crippen LogP contribution is -2.45. The molecule has 1 aliphatic rings. The first kappa shape index (κ1) is 38.9. The average molecular weight is 683 g/mol. The molecule has 16 heteroatoms. The van der Waals surface area contributed by atoms with Gasteiger partial charge in [-0.2, -0.15) is 13.2 Å². The van der Waals surface area contributed by atoms with Crippen molar-refractivity contribution in [3.8, 4) is 17.1 Å². The number of hydrogen-bond acceptors (Lipinski definition) is 7. The quantitative estimate of drug-likeness (QED) is 0.271. The minimum Gasteiger partial charge on any atom is -0.488 e. The predicted octanol–water partition coefficient (Wildman–Crippen LogP) is 5.91. The zero-order chi connectivity index (χ0) is 29.7. The van der Waals surface area contributed by atoms with E-state index >= 15 is 0 Å². The number of amides is 2. The fourth-order valence-corrected chi connectivity index (χ4v) is 4.72. The van der Waals surface area contributed by atoms with Crippen molar-refractivity contribution >= 4 is 54.6 Å². The number of likely N-dealkylation sites (N-methyl/N-ethyl adjacent to an activating group) is 1. The van der Waals surface area contributed by atoms with Crippen LogP contribution in [0.5, 0.6) is 5.75 Å². The Kier molecular flexibility index (Phi) is 14.9. The Hall–Kier alpha value is -3.10. The molecular weight excluding hydrogens is 646 g/mol. The van der Waals surface area contributed by atoms with Crippen LogP contribution in [0.2, 0.25) is 0 Å². The lowest BCUT2D eigenvalue weighted by molar-refractivity contribution is -0.138. The first-order valence-corrected chi connectivity index (χ1v) is 13.4. The van der Waals surface area contributed by atoms with Crippen molar-refractivity contribution in [2.45, 2.75) is 40.4 Å². The van der Waals surface area contributed by atoms with Gasteiger partial charge in [-0.25, -0.2) is 14.8 Å². The molecule has 1 aromatic carbocycles. The number of aromatic nitrogens is 3. The summed E-state index contributed by atoms with van der Waals surface area (Å²) in [6, 6.07) is 4.65. The molecule has 3 N–H and O–H groups in total. The largest absolute Gasteiger partial charge is 0.488 e. The Balaban J connectivity index is 0.00000323. The molecule has 10 nitrogen and oxygen atoms in total. The molecule has 2 aromatic heterocycles. The number of hydrogen-bond donors (Lipinski definition) is 3. The molecule has 0 spiro atoms. The van der Waals surface area contributed by atoms with Crippen molar-refractivity contribution in [3.63, 3.8) is 0 Å². The molecule has 0 atom stereocenters. The number of carbonyl (C=O) groups is 1. The molecule has 0 bridgehead atoms. The average Bonchev–Trinajstić information content (AvgIpc) is 2.92. The minimum atomic E-state index is -4.57. The van der Waals surface area contributed by atoms with Gasteiger partial charge in [0.15, 0.2) is 11.6 Å². The third-order valence-corrected chi connectivity index (χ3v) is 6.92. The summed E-state index contributed by atoms with van der Waals surface area (Å²) in [6.07, 6.45) is -3.11. The van der Waals surface area contributed by atoms with Gasteiger partial charge in [0.25, 0.3) is 5.56 Å². The van der Waals surface area contributed by atoms with E-state index in [4.69, 9.17) is 4.74 Å². The second-order valence-electron chi connectivity index (χ2n) is 9.77. The van der Waals surface area contributed by atoms with Crippen LogP contribution in [0.3, 0.4) is 0 Å². The highest BCUT2D eigenvalue weighted by Crippen LogP contribution is 2.35. The van der Waals surface area contributed by atoms with Crippen LogP contribution >= 0.6 is 37.2 Å². The Morgan fingerprint density at radius 3 is 2.16 bits per heavy atom. The topological polar surface area (TPSA) is 115 Å². The van der Waals surface area contributed by atoms with Gasteiger partial charge in [-0.15, -0.1) is 37.2 Å². The summed E-state index contributed by atoms with van der Waals surface area (Å²) in [5.74, 6) is 0.443. The van der Waals surface area contributed by atoms with E-state index in [-0.39, 0.29) is 66.3 Å². The summed E-state index contributed by atoms with van der Waals surface area (Å²) in [5, 5.41) is 5.14. The van der Waals surface area contributed by atoms with E-state index in [9.17, 15) is 22.8 Å². The van der Waals surface area contributed by atoms with Crippen molar-refractivity contribution in [1.29, 1.82) is 0 Å². The zero-order valence-corrected chi connectivity index (χ0v) is 27.2. The van der Waals surface area contributed by atoms with Gasteiger partial charge in [0.2, 0.25) is 0 Å². The number of ether oxygens (including phenoxy) is 1. The molecule has 0 radical (unpaired) electrons. The van der Waals surface area contributed by atoms with Gasteiger partial charge in [-0.05, 0) is 51.1 Å². The van der Waals surface area contributed by atoms with Crippen LogP contribution < -0.4 is 20.9 Å². The number of pyridine rings is 1. The maximum absolute atomic E-state index is 14.0. The summed E-state index contributed by atoms with van der Waals surface area (Å²) in [5.41, 5.74) is 0.721. The lowest BCUT2D eigenvalue weighted by Gasteiger charge is -2.34. The maximum Gasteiger partial charge on any atom is 0.416 e. The smallest absolute Gasteiger partial charge is 0.416 e. The molecule has 1 fully saturated rings. The van der Waals surface area contributed by atoms with Gasteiger partial charge in [-0.1, -0.05) is 13.0 Å². The third-order valence-electron chi connectivity index (χ3n) is 6.92. The highest BCUT2D eigenvalue weighted by Gasteiger charge is 2.34. The van der Waals surface area contributed by atoms with E-state index in [0.717, 1.165) is 25.7 Å². The molecule has 4 rings (SSSR count). The van der Waals surface area contributed by atoms with Crippen LogP contribution in [0.25, 0.3) is 11.4 Å². The summed E-state index contributed by atoms with van der Waals surface area (Å²) in [6.45, 7) is 11.6. The highest BCUT2D eigenvalue weighted by molar-refractivity contribution is 6.00. The molecule has 0 saturated carbocycles.